The van der Waals surface area contributed by atoms with Gasteiger partial charge in [0.25, 0.3) is 0 Å². The molecule has 3 aromatic rings. The van der Waals surface area contributed by atoms with Crippen LogP contribution >= 0.6 is 0 Å². The van der Waals surface area contributed by atoms with Crippen molar-refractivity contribution in [3.63, 3.8) is 0 Å². The van der Waals surface area contributed by atoms with Crippen molar-refractivity contribution in [1.82, 2.24) is 29.9 Å². The summed E-state index contributed by atoms with van der Waals surface area (Å²) in [7, 11) is 0. The summed E-state index contributed by atoms with van der Waals surface area (Å²) in [6.45, 7) is 35.1. The molecule has 0 saturated carbocycles. The molecule has 333 valence electrons. The van der Waals surface area contributed by atoms with Gasteiger partial charge in [0.1, 0.15) is 0 Å². The molecular weight excluding hydrogens is 1380 g/mol. The molecule has 18 heteroatoms. The van der Waals surface area contributed by atoms with Gasteiger partial charge < -0.3 is 20.8 Å². The second-order valence-electron chi connectivity index (χ2n) is 10.3. The van der Waals surface area contributed by atoms with E-state index in [1.54, 1.807) is 38.7 Å². The third-order valence-corrected chi connectivity index (χ3v) is 5.89. The molecule has 3 aromatic heterocycles. The Morgan fingerprint density at radius 3 is 1.27 bits per heavy atom. The van der Waals surface area contributed by atoms with E-state index in [0.29, 0.717) is 23.4 Å². The van der Waals surface area contributed by atoms with Gasteiger partial charge in [0, 0.05) is 0 Å². The van der Waals surface area contributed by atoms with Crippen LogP contribution < -0.4 is 0 Å². The van der Waals surface area contributed by atoms with Crippen LogP contribution in [-0.2, 0) is 114 Å². The minimum Gasteiger partial charge on any atom is -0.344 e. The summed E-state index contributed by atoms with van der Waals surface area (Å²) in [5.74, 6) is 2.23. The first-order valence-electron chi connectivity index (χ1n) is 19.0. The Balaban J connectivity index is -0.0000000740. The molecule has 60 heavy (non-hydrogen) atoms. The molecule has 0 N–H and O–H groups in total. The first-order chi connectivity index (χ1) is 27.5. The molecule has 0 aliphatic heterocycles. The maximum atomic E-state index is 4.04. The minimum atomic E-state index is 0. The summed E-state index contributed by atoms with van der Waals surface area (Å²) in [6.07, 6.45) is 23.1. The van der Waals surface area contributed by atoms with Crippen LogP contribution in [0.3, 0.4) is 0 Å². The van der Waals surface area contributed by atoms with Gasteiger partial charge in [-0.05, 0) is 0 Å². The zero-order chi connectivity index (χ0) is 44.8. The summed E-state index contributed by atoms with van der Waals surface area (Å²) in [5.41, 5.74) is 1.70. The van der Waals surface area contributed by atoms with Crippen molar-refractivity contribution in [2.45, 2.75) is 141 Å². The quantitative estimate of drug-likeness (QED) is 0.0998. The molecule has 0 aromatic carbocycles. The third-order valence-electron chi connectivity index (χ3n) is 4.58. The van der Waals surface area contributed by atoms with Crippen LogP contribution in [0.5, 0.6) is 0 Å². The van der Waals surface area contributed by atoms with Crippen molar-refractivity contribution in [3.05, 3.63) is 90.9 Å². The van der Waals surface area contributed by atoms with Gasteiger partial charge in [0.05, 0.1) is 0 Å². The fourth-order valence-corrected chi connectivity index (χ4v) is 2.34. The Morgan fingerprint density at radius 2 is 0.917 bits per heavy atom. The molecule has 0 atom stereocenters. The summed E-state index contributed by atoms with van der Waals surface area (Å²) in [6, 6.07) is 5.08. The summed E-state index contributed by atoms with van der Waals surface area (Å²) in [4.78, 5) is 34.9. The topological polar surface area (TPSA) is 157 Å². The molecule has 0 saturated heterocycles. The van der Waals surface area contributed by atoms with Gasteiger partial charge >= 0.3 is 300 Å². The van der Waals surface area contributed by atoms with Gasteiger partial charge in [-0.1, -0.05) is 101 Å². The molecule has 3 heterocycles. The number of aromatic nitrogens is 6. The van der Waals surface area contributed by atoms with Gasteiger partial charge in [-0.25, -0.2) is 0 Å². The van der Waals surface area contributed by atoms with Gasteiger partial charge in [-0.15, -0.1) is 0 Å². The molecule has 0 fully saturated rings. The molecule has 3 radical (unpaired) electrons. The van der Waals surface area contributed by atoms with Gasteiger partial charge in [-0.3, -0.25) is 0 Å². The largest absolute Gasteiger partial charge is 2.00 e. The van der Waals surface area contributed by atoms with E-state index in [1.165, 1.54) is 116 Å². The Labute approximate surface area is 436 Å². The number of hydrogen-bond acceptors (Lipinski definition) is 9. The Morgan fingerprint density at radius 1 is 0.533 bits per heavy atom. The normalized spacial score (nSPS) is 8.45. The Hall–Kier alpha value is -0.922. The SMILES string of the molecule is CCCC.CCCC.CCCC.Cc1c[c-]nc([N-]C=N[CH]=[W])n1.Cc1cc([N-]C=N[CH]=[W])n[c-]n1.Cc1n[c-]cc([N-]C=N[CH]=[W])n1.[CH2-]CC.[CH2-]CC.[CH2-]CC.[V+2].[V+2].[V+2]. The van der Waals surface area contributed by atoms with Crippen molar-refractivity contribution < 1.29 is 114 Å². The fourth-order valence-electron chi connectivity index (χ4n) is 1.75. The number of aryl methyl sites for hydroxylation is 3. The zero-order valence-electron chi connectivity index (χ0n) is 38.1. The maximum absolute atomic E-state index is 4.04. The monoisotopic (exact) mass is 1450 g/mol. The van der Waals surface area contributed by atoms with Gasteiger partial charge in [0.2, 0.25) is 0 Å². The van der Waals surface area contributed by atoms with E-state index in [-0.39, 0.29) is 55.7 Å². The first kappa shape index (κ1) is 79.5. The van der Waals surface area contributed by atoms with E-state index < -0.39 is 0 Å². The number of aliphatic imine (C=N–C) groups is 3. The average Bonchev–Trinajstić information content (AvgIpc) is 3.20. The van der Waals surface area contributed by atoms with Crippen LogP contribution in [0.25, 0.3) is 16.0 Å². The number of unbranched alkanes of at least 4 members (excludes halogenated alkanes) is 3. The summed E-state index contributed by atoms with van der Waals surface area (Å²) >= 11 is 3.87. The molecule has 0 spiro atoms. The predicted octanol–water partition coefficient (Wildman–Crippen LogP) is 11.9. The summed E-state index contributed by atoms with van der Waals surface area (Å²) in [5, 5.41) is 11.8. The van der Waals surface area contributed by atoms with E-state index in [9.17, 15) is 0 Å². The molecule has 0 bridgehead atoms. The molecule has 0 aliphatic carbocycles. The molecule has 12 nitrogen and oxygen atoms in total. The van der Waals surface area contributed by atoms with Crippen molar-refractivity contribution in [1.29, 1.82) is 0 Å². The molecule has 0 unspecified atom stereocenters. The smallest absolute Gasteiger partial charge is 0.344 e. The zero-order valence-corrected chi connectivity index (χ0v) is 51.1. The Bertz CT molecular complexity index is 1190. The van der Waals surface area contributed by atoms with Crippen molar-refractivity contribution in [2.24, 2.45) is 15.0 Å². The second-order valence-corrected chi connectivity index (χ2v) is 12.6. The third kappa shape index (κ3) is 81.0. The van der Waals surface area contributed by atoms with E-state index in [1.807, 2.05) is 34.6 Å². The fraction of sp³-hybridized carbons (Fsp3) is 0.500. The maximum Gasteiger partial charge on any atom is 2.00 e. The second kappa shape index (κ2) is 75.4. The van der Waals surface area contributed by atoms with E-state index >= 15 is 0 Å². The Kier molecular flexibility index (Phi) is 99.9. The van der Waals surface area contributed by atoms with Crippen LogP contribution in [-0.4, -0.2) is 62.5 Å². The van der Waals surface area contributed by atoms with E-state index in [4.69, 9.17) is 0 Å². The van der Waals surface area contributed by atoms with Crippen LogP contribution in [0, 0.1) is 60.3 Å². The van der Waals surface area contributed by atoms with Crippen molar-refractivity contribution >= 4 is 50.2 Å². The number of hydrogen-bond donors (Lipinski definition) is 0. The standard InChI is InChI=1S/3C7H6N4.3C4H10.3C3H7.3V.3W/c1-6-3-7(10-4-8-2)11-5-9-6;1-6-9-4-3-7(11-6)10-5-8-2;1-6-3-4-9-7(11-6)10-5-8-2;3*1-3-4-2;3*1-3-2;;;;;;/h2-4H,1H3;2*2-3,5H,1H3;3*3-4H2,1-2H3;3*1,3H2,2H3;;;;;;/q3*-2;;;;3*-1;3*+2;;;. The number of rotatable bonds is 12. The average molecular weight is 1450 g/mol. The van der Waals surface area contributed by atoms with Crippen molar-refractivity contribution in [2.75, 3.05) is 0 Å². The van der Waals surface area contributed by atoms with Crippen LogP contribution in [0.2, 0.25) is 0 Å². The molecule has 0 aliphatic rings. The number of nitrogens with zero attached hydrogens (tertiary/aromatic N) is 12. The van der Waals surface area contributed by atoms with Crippen molar-refractivity contribution in [3.8, 4) is 0 Å². The molecular formula is C42H69N12V3W3-3. The van der Waals surface area contributed by atoms with Gasteiger partial charge in [0.15, 0.2) is 0 Å². The van der Waals surface area contributed by atoms with Crippen LogP contribution in [0.15, 0.2) is 33.2 Å². The van der Waals surface area contributed by atoms with Gasteiger partial charge in [-0.2, -0.15) is 19.3 Å². The van der Waals surface area contributed by atoms with Crippen LogP contribution in [0.4, 0.5) is 17.6 Å². The predicted molar refractivity (Wildman–Crippen MR) is 238 cm³/mol. The summed E-state index contributed by atoms with van der Waals surface area (Å²) < 4.78 is 5.20. The first-order valence-corrected chi connectivity index (χ1v) is 24.1. The molecule has 3 rings (SSSR count). The minimum absolute atomic E-state index is 0. The van der Waals surface area contributed by atoms with E-state index in [0.717, 1.165) is 30.7 Å². The van der Waals surface area contributed by atoms with E-state index in [2.05, 4.69) is 142 Å². The molecule has 0 amide bonds. The van der Waals surface area contributed by atoms with Crippen LogP contribution in [0.1, 0.15) is 137 Å².